The molecule has 4 saturated carbocycles. The number of ether oxygens (including phenoxy) is 7. The third-order valence-corrected chi connectivity index (χ3v) is 19.1. The molecule has 24 atom stereocenters. The summed E-state index contributed by atoms with van der Waals surface area (Å²) in [5, 5.41) is 118. The van der Waals surface area contributed by atoms with Crippen LogP contribution in [0.1, 0.15) is 92.4 Å². The van der Waals surface area contributed by atoms with Crippen LogP contribution in [0.25, 0.3) is 0 Å². The van der Waals surface area contributed by atoms with Gasteiger partial charge in [0, 0.05) is 5.41 Å². The number of rotatable bonds is 9. The second-order valence-corrected chi connectivity index (χ2v) is 22.5. The highest BCUT2D eigenvalue weighted by atomic mass is 16.7. The fourth-order valence-electron chi connectivity index (χ4n) is 14.9. The smallest absolute Gasteiger partial charge is 0.315 e. The molecule has 0 amide bonds. The van der Waals surface area contributed by atoms with Crippen molar-refractivity contribution >= 4 is 11.9 Å². The third kappa shape index (κ3) is 7.86. The Morgan fingerprint density at radius 1 is 0.687 bits per heavy atom. The van der Waals surface area contributed by atoms with E-state index in [4.69, 9.17) is 33.2 Å². The largest absolute Gasteiger partial charge is 0.469 e. The van der Waals surface area contributed by atoms with Gasteiger partial charge in [0.05, 0.1) is 56.6 Å². The van der Waals surface area contributed by atoms with E-state index >= 15 is 0 Å². The highest BCUT2D eigenvalue weighted by Crippen LogP contribution is 2.76. The predicted molar refractivity (Wildman–Crippen MR) is 227 cm³/mol. The van der Waals surface area contributed by atoms with Gasteiger partial charge < -0.3 is 89.3 Å². The van der Waals surface area contributed by atoms with Gasteiger partial charge in [-0.2, -0.15) is 0 Å². The van der Waals surface area contributed by atoms with Gasteiger partial charge in [0.1, 0.15) is 61.0 Å². The van der Waals surface area contributed by atoms with Crippen molar-refractivity contribution in [2.45, 2.75) is 185 Å². The minimum Gasteiger partial charge on any atom is -0.469 e. The van der Waals surface area contributed by atoms with Crippen LogP contribution in [0.5, 0.6) is 0 Å². The monoisotopic (exact) mass is 958 g/mol. The van der Waals surface area contributed by atoms with E-state index < -0.39 is 143 Å². The van der Waals surface area contributed by atoms with Crippen LogP contribution in [-0.4, -0.2) is 194 Å². The van der Waals surface area contributed by atoms with Crippen LogP contribution < -0.4 is 0 Å². The van der Waals surface area contributed by atoms with Crippen LogP contribution in [0.3, 0.4) is 0 Å². The number of fused-ring (bicyclic) bond motifs is 7. The molecule has 3 saturated heterocycles. The summed E-state index contributed by atoms with van der Waals surface area (Å²) >= 11 is 0. The first-order valence-electron chi connectivity index (χ1n) is 24.0. The number of allylic oxidation sites excluding steroid dienone is 2. The first kappa shape index (κ1) is 51.4. The molecule has 382 valence electrons. The van der Waals surface area contributed by atoms with Crippen molar-refractivity contribution in [3.05, 3.63) is 11.6 Å². The molecule has 0 radical (unpaired) electrons. The molecule has 0 unspecified atom stereocenters. The summed E-state index contributed by atoms with van der Waals surface area (Å²) in [6.45, 7) is 8.59. The number of aliphatic hydroxyl groups is 11. The maximum absolute atomic E-state index is 14.6. The van der Waals surface area contributed by atoms with Crippen molar-refractivity contribution < 1.29 is 98.9 Å². The van der Waals surface area contributed by atoms with E-state index in [2.05, 4.69) is 26.8 Å². The van der Waals surface area contributed by atoms with E-state index in [1.165, 1.54) is 7.11 Å². The van der Waals surface area contributed by atoms with Gasteiger partial charge in [-0.05, 0) is 98.7 Å². The molecular formula is C47H74O20. The van der Waals surface area contributed by atoms with E-state index in [1.807, 2.05) is 13.8 Å². The molecular weight excluding hydrogens is 884 g/mol. The quantitative estimate of drug-likeness (QED) is 0.0713. The SMILES string of the molecule is COC(=O)[C@@]1(C)CC[C@]2(C(=O)O[C@@H]3OC[C@@H](O)[C@H](O)[C@H]3O)CC[C@]3(C)C(=CC[C@@H]4[C@@]5(C)C[C@H](O)[C@H](O[C@@H]6OC[C@@H](O[C@@H]7O[C@H](CO)[C@@H](O)[C@H](O)[C@H]7O)[C@H](O)[C@H]6O)[C@@](C)(CO)[C@@H]5CC[C@]43C)[C@@H]2C1. The molecule has 3 aliphatic heterocycles. The number of aliphatic hydroxyl groups excluding tert-OH is 11. The molecule has 0 spiro atoms. The van der Waals surface area contributed by atoms with Crippen LogP contribution in [0, 0.1) is 50.2 Å². The normalized spacial score (nSPS) is 54.3. The van der Waals surface area contributed by atoms with Crippen molar-refractivity contribution in [3.8, 4) is 0 Å². The molecule has 20 nitrogen and oxygen atoms in total. The molecule has 67 heavy (non-hydrogen) atoms. The topological polar surface area (TPSA) is 321 Å². The third-order valence-electron chi connectivity index (χ3n) is 19.1. The second-order valence-electron chi connectivity index (χ2n) is 22.5. The molecule has 8 rings (SSSR count). The van der Waals surface area contributed by atoms with E-state index in [-0.39, 0.29) is 44.0 Å². The van der Waals surface area contributed by atoms with Gasteiger partial charge in [0.15, 0.2) is 12.6 Å². The molecule has 0 aromatic heterocycles. The Balaban J connectivity index is 1.03. The zero-order valence-corrected chi connectivity index (χ0v) is 39.3. The lowest BCUT2D eigenvalue weighted by atomic mass is 9.33. The average Bonchev–Trinajstić information content (AvgIpc) is 3.29. The number of hydrogen-bond acceptors (Lipinski definition) is 20. The van der Waals surface area contributed by atoms with Crippen molar-refractivity contribution in [1.82, 2.24) is 0 Å². The van der Waals surface area contributed by atoms with Crippen LogP contribution in [0.15, 0.2) is 11.6 Å². The van der Waals surface area contributed by atoms with Crippen molar-refractivity contribution in [2.24, 2.45) is 50.2 Å². The number of carbonyl (C=O) groups is 2. The Hall–Kier alpha value is -1.96. The summed E-state index contributed by atoms with van der Waals surface area (Å²) in [4.78, 5) is 28.1. The lowest BCUT2D eigenvalue weighted by Gasteiger charge is -2.71. The molecule has 0 aromatic rings. The summed E-state index contributed by atoms with van der Waals surface area (Å²) in [5.74, 6) is -1.70. The van der Waals surface area contributed by atoms with Gasteiger partial charge in [-0.15, -0.1) is 0 Å². The maximum Gasteiger partial charge on any atom is 0.315 e. The maximum atomic E-state index is 14.6. The van der Waals surface area contributed by atoms with Gasteiger partial charge in [-0.1, -0.05) is 39.3 Å². The summed E-state index contributed by atoms with van der Waals surface area (Å²) in [7, 11) is 1.35. The van der Waals surface area contributed by atoms with Gasteiger partial charge >= 0.3 is 11.9 Å². The predicted octanol–water partition coefficient (Wildman–Crippen LogP) is -1.48. The molecule has 5 aliphatic carbocycles. The van der Waals surface area contributed by atoms with E-state index in [9.17, 15) is 65.8 Å². The fourth-order valence-corrected chi connectivity index (χ4v) is 14.9. The molecule has 7 fully saturated rings. The number of carbonyl (C=O) groups excluding carboxylic acids is 2. The van der Waals surface area contributed by atoms with E-state index in [0.717, 1.165) is 5.57 Å². The van der Waals surface area contributed by atoms with Crippen LogP contribution >= 0.6 is 0 Å². The lowest BCUT2D eigenvalue weighted by molar-refractivity contribution is -0.357. The highest BCUT2D eigenvalue weighted by Gasteiger charge is 2.72. The summed E-state index contributed by atoms with van der Waals surface area (Å²) in [6, 6.07) is 0. The Morgan fingerprint density at radius 3 is 2.01 bits per heavy atom. The molecule has 20 heteroatoms. The minimum absolute atomic E-state index is 0.0404. The first-order chi connectivity index (χ1) is 31.4. The lowest BCUT2D eigenvalue weighted by Crippen LogP contribution is -2.69. The molecule has 0 bridgehead atoms. The molecule has 11 N–H and O–H groups in total. The number of esters is 2. The zero-order chi connectivity index (χ0) is 49.0. The Labute approximate surface area is 390 Å². The number of methoxy groups -OCH3 is 1. The highest BCUT2D eigenvalue weighted by molar-refractivity contribution is 5.81. The van der Waals surface area contributed by atoms with Crippen molar-refractivity contribution in [1.29, 1.82) is 0 Å². The van der Waals surface area contributed by atoms with Gasteiger partial charge in [0.2, 0.25) is 6.29 Å². The second kappa shape index (κ2) is 18.3. The first-order valence-corrected chi connectivity index (χ1v) is 24.0. The minimum atomic E-state index is -1.75. The summed E-state index contributed by atoms with van der Waals surface area (Å²) in [5.41, 5.74) is -3.54. The Kier molecular flexibility index (Phi) is 14.0. The van der Waals surface area contributed by atoms with Gasteiger partial charge in [-0.3, -0.25) is 9.59 Å². The Bertz CT molecular complexity index is 1870. The van der Waals surface area contributed by atoms with E-state index in [0.29, 0.717) is 51.4 Å². The van der Waals surface area contributed by atoms with Gasteiger partial charge in [0.25, 0.3) is 0 Å². The molecule has 3 heterocycles. The van der Waals surface area contributed by atoms with Crippen LogP contribution in [0.4, 0.5) is 0 Å². The van der Waals surface area contributed by atoms with Crippen molar-refractivity contribution in [2.75, 3.05) is 33.5 Å². The van der Waals surface area contributed by atoms with Crippen molar-refractivity contribution in [3.63, 3.8) is 0 Å². The zero-order valence-electron chi connectivity index (χ0n) is 39.3. The van der Waals surface area contributed by atoms with Gasteiger partial charge in [-0.25, -0.2) is 0 Å². The number of hydrogen-bond donors (Lipinski definition) is 11. The average molecular weight is 959 g/mol. The van der Waals surface area contributed by atoms with Crippen LogP contribution in [-0.2, 0) is 42.7 Å². The summed E-state index contributed by atoms with van der Waals surface area (Å²) in [6.07, 6.45) is -16.2. The fraction of sp³-hybridized carbons (Fsp3) is 0.915. The molecule has 8 aliphatic rings. The molecule has 0 aromatic carbocycles. The summed E-state index contributed by atoms with van der Waals surface area (Å²) < 4.78 is 40.1. The standard InChI is InChI=1S/C47H74O20/c1-42(40(59)61-6)11-13-47(41(60)67-38-33(56)29(52)24(51)18-62-38)14-12-45(4)21(22(47)15-42)7-8-28-43(2)16-23(50)36(44(3,20-49)27(43)9-10-46(28,45)5)66-37-34(57)31(54)26(19-63-37)65-39-35(58)32(55)30(53)25(17-48)64-39/h7,22-39,48-58H,8-20H2,1-6H3/t22-,23-,24+,25+,26+,27+,28+,29-,30+,31-,32-,33+,34+,35+,36-,37-,38-,39-,42-,43-,44-,45+,46+,47-/m0/s1. The van der Waals surface area contributed by atoms with E-state index in [1.54, 1.807) is 0 Å². The van der Waals surface area contributed by atoms with Crippen LogP contribution in [0.2, 0.25) is 0 Å². The Morgan fingerprint density at radius 2 is 1.34 bits per heavy atom.